The number of hydrogen-bond acceptors (Lipinski definition) is 6. The Balaban J connectivity index is 1.44. The Morgan fingerprint density at radius 1 is 0.872 bits per heavy atom. The summed E-state index contributed by atoms with van der Waals surface area (Å²) in [6.45, 7) is 0.815. The van der Waals surface area contributed by atoms with Crippen molar-refractivity contribution in [2.24, 2.45) is 0 Å². The molecule has 5 aromatic rings. The van der Waals surface area contributed by atoms with Crippen LogP contribution in [0, 0.1) is 0 Å². The third kappa shape index (κ3) is 4.82. The van der Waals surface area contributed by atoms with Crippen molar-refractivity contribution in [3.63, 3.8) is 0 Å². The van der Waals surface area contributed by atoms with Crippen LogP contribution in [0.4, 0.5) is 16.3 Å². The van der Waals surface area contributed by atoms with E-state index in [0.29, 0.717) is 18.9 Å². The summed E-state index contributed by atoms with van der Waals surface area (Å²) in [5.41, 5.74) is 5.99. The predicted octanol–water partition coefficient (Wildman–Crippen LogP) is 7.04. The summed E-state index contributed by atoms with van der Waals surface area (Å²) in [5, 5.41) is 2.78. The fourth-order valence-electron chi connectivity index (χ4n) is 4.79. The van der Waals surface area contributed by atoms with Crippen molar-refractivity contribution in [2.45, 2.75) is 13.1 Å². The number of pyridine rings is 1. The van der Waals surface area contributed by atoms with Crippen LogP contribution in [0.15, 0.2) is 96.6 Å². The molecule has 0 spiro atoms. The minimum atomic E-state index is -0.118. The first-order valence-corrected chi connectivity index (χ1v) is 13.4. The van der Waals surface area contributed by atoms with Crippen LogP contribution < -0.4 is 19.3 Å². The van der Waals surface area contributed by atoms with Crippen LogP contribution >= 0.6 is 11.3 Å². The normalized spacial score (nSPS) is 12.8. The van der Waals surface area contributed by atoms with E-state index in [2.05, 4.69) is 17.1 Å². The van der Waals surface area contributed by atoms with Crippen molar-refractivity contribution in [2.75, 3.05) is 24.0 Å². The van der Waals surface area contributed by atoms with E-state index >= 15 is 0 Å². The maximum Gasteiger partial charge on any atom is 0.330 e. The van der Waals surface area contributed by atoms with Gasteiger partial charge in [-0.2, -0.15) is 0 Å². The van der Waals surface area contributed by atoms with Crippen molar-refractivity contribution < 1.29 is 14.3 Å². The van der Waals surface area contributed by atoms with Gasteiger partial charge in [-0.05, 0) is 59.2 Å². The maximum absolute atomic E-state index is 14.1. The lowest BCUT2D eigenvalue weighted by Crippen LogP contribution is -2.47. The Hall–Kier alpha value is -4.69. The molecule has 0 N–H and O–H groups in total. The number of rotatable bonds is 7. The number of urea groups is 1. The summed E-state index contributed by atoms with van der Waals surface area (Å²) in [6, 6.07) is 25.6. The van der Waals surface area contributed by atoms with Gasteiger partial charge in [0.05, 0.1) is 33.0 Å². The molecule has 8 heteroatoms. The van der Waals surface area contributed by atoms with Gasteiger partial charge in [-0.25, -0.2) is 9.78 Å². The largest absolute Gasteiger partial charge is 0.497 e. The van der Waals surface area contributed by atoms with Gasteiger partial charge in [-0.3, -0.25) is 14.8 Å². The number of fused-ring (bicyclic) bond motifs is 1. The summed E-state index contributed by atoms with van der Waals surface area (Å²) >= 11 is 1.51. The van der Waals surface area contributed by atoms with Gasteiger partial charge in [0.2, 0.25) is 0 Å². The summed E-state index contributed by atoms with van der Waals surface area (Å²) in [5.74, 6) is 2.19. The number of thiazole rings is 1. The van der Waals surface area contributed by atoms with Gasteiger partial charge in [0.25, 0.3) is 0 Å². The molecule has 0 fully saturated rings. The van der Waals surface area contributed by atoms with E-state index in [1.54, 1.807) is 31.5 Å². The van der Waals surface area contributed by atoms with Crippen LogP contribution in [0.5, 0.6) is 11.5 Å². The van der Waals surface area contributed by atoms with E-state index in [9.17, 15) is 4.79 Å². The van der Waals surface area contributed by atoms with E-state index in [-0.39, 0.29) is 6.03 Å². The quantitative estimate of drug-likeness (QED) is 0.224. The highest BCUT2D eigenvalue weighted by Gasteiger charge is 2.34. The lowest BCUT2D eigenvalue weighted by atomic mass is 9.95. The van der Waals surface area contributed by atoms with E-state index in [4.69, 9.17) is 14.5 Å². The van der Waals surface area contributed by atoms with E-state index in [1.165, 1.54) is 11.3 Å². The first kappa shape index (κ1) is 24.6. The number of amides is 2. The van der Waals surface area contributed by atoms with Gasteiger partial charge < -0.3 is 9.47 Å². The molecule has 1 aliphatic rings. The monoisotopic (exact) mass is 534 g/mol. The molecule has 0 aliphatic carbocycles. The second-order valence-corrected chi connectivity index (χ2v) is 9.94. The number of anilines is 2. The minimum Gasteiger partial charge on any atom is -0.497 e. The molecule has 6 rings (SSSR count). The SMILES string of the molecule is COc1ccc(CN2C(=O)N(c3csc(-c4ccncc4)n3)Cc3c(-c4cccc(OC)c4)cccc32)cc1. The van der Waals surface area contributed by atoms with Crippen LogP contribution in [-0.4, -0.2) is 30.2 Å². The molecule has 2 amide bonds. The number of hydrogen-bond donors (Lipinski definition) is 0. The summed E-state index contributed by atoms with van der Waals surface area (Å²) in [7, 11) is 3.31. The van der Waals surface area contributed by atoms with Gasteiger partial charge in [0.15, 0.2) is 0 Å². The summed E-state index contributed by atoms with van der Waals surface area (Å²) < 4.78 is 10.8. The highest BCUT2D eigenvalue weighted by atomic mass is 32.1. The van der Waals surface area contributed by atoms with Gasteiger partial charge in [-0.15, -0.1) is 11.3 Å². The van der Waals surface area contributed by atoms with Crippen molar-refractivity contribution in [3.05, 3.63) is 108 Å². The third-order valence-corrected chi connectivity index (χ3v) is 7.68. The molecule has 0 radical (unpaired) electrons. The van der Waals surface area contributed by atoms with Gasteiger partial charge in [0, 0.05) is 28.9 Å². The molecule has 3 aromatic carbocycles. The Bertz CT molecular complexity index is 1620. The standard InChI is InChI=1S/C31H26N4O3S/c1-37-24-11-9-21(10-12-24)18-34-28-8-4-7-26(23-5-3-6-25(17-23)38-2)27(28)19-35(31(34)36)29-20-39-30(33-29)22-13-15-32-16-14-22/h3-17,20H,18-19H2,1-2H3. The third-order valence-electron chi connectivity index (χ3n) is 6.80. The van der Waals surface area contributed by atoms with Crippen LogP contribution in [0.25, 0.3) is 21.7 Å². The number of benzene rings is 3. The highest BCUT2D eigenvalue weighted by Crippen LogP contribution is 2.40. The van der Waals surface area contributed by atoms with Crippen molar-refractivity contribution in [1.82, 2.24) is 9.97 Å². The molecular formula is C31H26N4O3S. The van der Waals surface area contributed by atoms with Gasteiger partial charge in [-0.1, -0.05) is 36.4 Å². The van der Waals surface area contributed by atoms with Crippen LogP contribution in [-0.2, 0) is 13.1 Å². The lowest BCUT2D eigenvalue weighted by Gasteiger charge is -2.37. The average Bonchev–Trinajstić information content (AvgIpc) is 3.49. The Morgan fingerprint density at radius 3 is 2.41 bits per heavy atom. The molecular weight excluding hydrogens is 508 g/mol. The highest BCUT2D eigenvalue weighted by molar-refractivity contribution is 7.13. The average molecular weight is 535 g/mol. The summed E-state index contributed by atoms with van der Waals surface area (Å²) in [6.07, 6.45) is 3.49. The number of carbonyl (C=O) groups is 1. The van der Waals surface area contributed by atoms with Crippen molar-refractivity contribution >= 4 is 28.9 Å². The molecule has 0 saturated heterocycles. The zero-order valence-corrected chi connectivity index (χ0v) is 22.4. The Kier molecular flexibility index (Phi) is 6.69. The van der Waals surface area contributed by atoms with Gasteiger partial charge >= 0.3 is 6.03 Å². The lowest BCUT2D eigenvalue weighted by molar-refractivity contribution is 0.249. The topological polar surface area (TPSA) is 67.8 Å². The Morgan fingerprint density at radius 2 is 1.64 bits per heavy atom. The molecule has 0 bridgehead atoms. The van der Waals surface area contributed by atoms with Crippen LogP contribution in [0.2, 0.25) is 0 Å². The fraction of sp³-hybridized carbons (Fsp3) is 0.129. The number of ether oxygens (including phenoxy) is 2. The molecule has 7 nitrogen and oxygen atoms in total. The van der Waals surface area contributed by atoms with Crippen molar-refractivity contribution in [3.8, 4) is 33.2 Å². The molecule has 1 aliphatic heterocycles. The molecule has 0 unspecified atom stereocenters. The first-order chi connectivity index (χ1) is 19.1. The molecule has 2 aromatic heterocycles. The molecule has 194 valence electrons. The second-order valence-electron chi connectivity index (χ2n) is 9.08. The molecule has 0 atom stereocenters. The van der Waals surface area contributed by atoms with Crippen LogP contribution in [0.3, 0.4) is 0 Å². The molecule has 0 saturated carbocycles. The number of aromatic nitrogens is 2. The molecule has 39 heavy (non-hydrogen) atoms. The predicted molar refractivity (Wildman–Crippen MR) is 155 cm³/mol. The summed E-state index contributed by atoms with van der Waals surface area (Å²) in [4.78, 5) is 26.6. The second kappa shape index (κ2) is 10.6. The fourth-order valence-corrected chi connectivity index (χ4v) is 5.61. The van der Waals surface area contributed by atoms with E-state index in [0.717, 1.165) is 50.0 Å². The smallest absolute Gasteiger partial charge is 0.330 e. The molecule has 3 heterocycles. The van der Waals surface area contributed by atoms with Gasteiger partial charge in [0.1, 0.15) is 22.3 Å². The zero-order valence-electron chi connectivity index (χ0n) is 21.6. The Labute approximate surface area is 230 Å². The number of carbonyl (C=O) groups excluding carboxylic acids is 1. The van der Waals surface area contributed by atoms with E-state index < -0.39 is 0 Å². The maximum atomic E-state index is 14.1. The zero-order chi connectivity index (χ0) is 26.8. The van der Waals surface area contributed by atoms with E-state index in [1.807, 2.05) is 77.0 Å². The number of nitrogens with zero attached hydrogens (tertiary/aromatic N) is 4. The first-order valence-electron chi connectivity index (χ1n) is 12.5. The van der Waals surface area contributed by atoms with Crippen molar-refractivity contribution in [1.29, 1.82) is 0 Å². The minimum absolute atomic E-state index is 0.118. The van der Waals surface area contributed by atoms with Crippen LogP contribution in [0.1, 0.15) is 11.1 Å². The number of methoxy groups -OCH3 is 2.